The van der Waals surface area contributed by atoms with Crippen LogP contribution in [0.15, 0.2) is 24.5 Å². The number of nitrogens with zero attached hydrogens (tertiary/aromatic N) is 3. The topological polar surface area (TPSA) is 85.8 Å². The Morgan fingerprint density at radius 1 is 1.00 bits per heavy atom. The number of amides is 1. The maximum atomic E-state index is 12.6. The maximum absolute atomic E-state index is 12.6. The van der Waals surface area contributed by atoms with Gasteiger partial charge in [-0.05, 0) is 25.0 Å². The molecule has 1 aliphatic rings. The third-order valence-electron chi connectivity index (χ3n) is 4.25. The Balaban J connectivity index is 1.83. The van der Waals surface area contributed by atoms with Gasteiger partial charge in [0.15, 0.2) is 11.5 Å². The van der Waals surface area contributed by atoms with Gasteiger partial charge >= 0.3 is 0 Å². The Labute approximate surface area is 152 Å². The summed E-state index contributed by atoms with van der Waals surface area (Å²) < 4.78 is 15.9. The molecule has 3 rings (SSSR count). The molecule has 0 aliphatic carbocycles. The van der Waals surface area contributed by atoms with Crippen molar-refractivity contribution in [3.63, 3.8) is 0 Å². The Kier molecular flexibility index (Phi) is 5.40. The van der Waals surface area contributed by atoms with Crippen molar-refractivity contribution in [3.05, 3.63) is 30.1 Å². The fraction of sp³-hybridized carbons (Fsp3) is 0.389. The predicted octanol–water partition coefficient (Wildman–Crippen LogP) is 2.35. The summed E-state index contributed by atoms with van der Waals surface area (Å²) in [6, 6.07) is 4.97. The molecule has 1 amide bonds. The van der Waals surface area contributed by atoms with Gasteiger partial charge in [0.1, 0.15) is 18.0 Å². The van der Waals surface area contributed by atoms with E-state index in [1.807, 2.05) is 0 Å². The normalized spacial score (nSPS) is 13.4. The third-order valence-corrected chi connectivity index (χ3v) is 4.25. The summed E-state index contributed by atoms with van der Waals surface area (Å²) in [5.74, 6) is 2.20. The molecule has 0 saturated carbocycles. The molecule has 0 unspecified atom stereocenters. The van der Waals surface area contributed by atoms with E-state index < -0.39 is 0 Å². The summed E-state index contributed by atoms with van der Waals surface area (Å²) in [7, 11) is 4.53. The van der Waals surface area contributed by atoms with E-state index in [-0.39, 0.29) is 5.91 Å². The SMILES string of the molecule is COc1cc(C(=O)Nc2cc(N3CCCC3)ncn2)cc(OC)c1OC. The lowest BCUT2D eigenvalue weighted by Gasteiger charge is -2.17. The van der Waals surface area contributed by atoms with Crippen molar-refractivity contribution in [3.8, 4) is 17.2 Å². The maximum Gasteiger partial charge on any atom is 0.257 e. The standard InChI is InChI=1S/C18H22N4O4/c1-24-13-8-12(9-14(25-2)17(13)26-3)18(23)21-15-10-16(20-11-19-15)22-6-4-5-7-22/h8-11H,4-7H2,1-3H3,(H,19,20,21,23). The number of methoxy groups -OCH3 is 3. The number of carbonyl (C=O) groups is 1. The van der Waals surface area contributed by atoms with Crippen LogP contribution in [0.2, 0.25) is 0 Å². The Morgan fingerprint density at radius 2 is 1.65 bits per heavy atom. The summed E-state index contributed by atoms with van der Waals surface area (Å²) in [5.41, 5.74) is 0.376. The first-order chi connectivity index (χ1) is 12.7. The number of carbonyl (C=O) groups excluding carboxylic acids is 1. The summed E-state index contributed by atoms with van der Waals surface area (Å²) in [4.78, 5) is 23.2. The lowest BCUT2D eigenvalue weighted by Crippen LogP contribution is -2.20. The molecule has 8 nitrogen and oxygen atoms in total. The number of hydrogen-bond donors (Lipinski definition) is 1. The summed E-state index contributed by atoms with van der Waals surface area (Å²) >= 11 is 0. The lowest BCUT2D eigenvalue weighted by molar-refractivity contribution is 0.102. The molecule has 1 aromatic carbocycles. The number of benzene rings is 1. The first kappa shape index (κ1) is 17.8. The van der Waals surface area contributed by atoms with E-state index in [4.69, 9.17) is 14.2 Å². The second-order valence-corrected chi connectivity index (χ2v) is 5.82. The molecular formula is C18H22N4O4. The Morgan fingerprint density at radius 3 is 2.23 bits per heavy atom. The van der Waals surface area contributed by atoms with Gasteiger partial charge in [-0.2, -0.15) is 0 Å². The summed E-state index contributed by atoms with van der Waals surface area (Å²) in [5, 5.41) is 2.79. The van der Waals surface area contributed by atoms with Crippen molar-refractivity contribution >= 4 is 17.5 Å². The van der Waals surface area contributed by atoms with Crippen molar-refractivity contribution in [2.45, 2.75) is 12.8 Å². The van der Waals surface area contributed by atoms with Crippen molar-refractivity contribution < 1.29 is 19.0 Å². The minimum absolute atomic E-state index is 0.324. The molecule has 26 heavy (non-hydrogen) atoms. The highest BCUT2D eigenvalue weighted by Crippen LogP contribution is 2.38. The van der Waals surface area contributed by atoms with E-state index in [9.17, 15) is 4.79 Å². The average Bonchev–Trinajstić information content (AvgIpc) is 3.21. The molecule has 1 N–H and O–H groups in total. The van der Waals surface area contributed by atoms with Crippen LogP contribution in [0.4, 0.5) is 11.6 Å². The van der Waals surface area contributed by atoms with Crippen molar-refractivity contribution in [2.75, 3.05) is 44.6 Å². The third kappa shape index (κ3) is 3.63. The van der Waals surface area contributed by atoms with Crippen molar-refractivity contribution in [2.24, 2.45) is 0 Å². The Bertz CT molecular complexity index is 766. The summed E-state index contributed by atoms with van der Waals surface area (Å²) in [6.45, 7) is 1.94. The van der Waals surface area contributed by atoms with Gasteiger partial charge in [-0.15, -0.1) is 0 Å². The van der Waals surface area contributed by atoms with Crippen LogP contribution in [0, 0.1) is 0 Å². The zero-order valence-electron chi connectivity index (χ0n) is 15.1. The molecule has 0 atom stereocenters. The van der Waals surface area contributed by atoms with Crippen LogP contribution in [0.1, 0.15) is 23.2 Å². The molecule has 0 bridgehead atoms. The zero-order chi connectivity index (χ0) is 18.5. The van der Waals surface area contributed by atoms with E-state index in [1.165, 1.54) is 27.7 Å². The quantitative estimate of drug-likeness (QED) is 0.848. The highest BCUT2D eigenvalue weighted by molar-refractivity contribution is 6.04. The molecule has 138 valence electrons. The fourth-order valence-electron chi connectivity index (χ4n) is 2.94. The van der Waals surface area contributed by atoms with E-state index in [0.717, 1.165) is 31.7 Å². The van der Waals surface area contributed by atoms with E-state index in [1.54, 1.807) is 18.2 Å². The first-order valence-corrected chi connectivity index (χ1v) is 8.34. The molecule has 8 heteroatoms. The minimum Gasteiger partial charge on any atom is -0.493 e. The van der Waals surface area contributed by atoms with Crippen molar-refractivity contribution in [1.82, 2.24) is 9.97 Å². The lowest BCUT2D eigenvalue weighted by atomic mass is 10.1. The van der Waals surface area contributed by atoms with Gasteiger partial charge < -0.3 is 24.4 Å². The number of rotatable bonds is 6. The van der Waals surface area contributed by atoms with Crippen LogP contribution >= 0.6 is 0 Å². The Hall–Kier alpha value is -3.03. The van der Waals surface area contributed by atoms with E-state index >= 15 is 0 Å². The fourth-order valence-corrected chi connectivity index (χ4v) is 2.94. The molecule has 1 fully saturated rings. The van der Waals surface area contributed by atoms with Gasteiger partial charge in [-0.3, -0.25) is 4.79 Å². The van der Waals surface area contributed by atoms with Crippen LogP contribution in [0.25, 0.3) is 0 Å². The van der Waals surface area contributed by atoms with Crippen molar-refractivity contribution in [1.29, 1.82) is 0 Å². The molecule has 0 spiro atoms. The molecule has 2 heterocycles. The van der Waals surface area contributed by atoms with Gasteiger partial charge in [0, 0.05) is 24.7 Å². The van der Waals surface area contributed by atoms with Crippen LogP contribution in [-0.2, 0) is 0 Å². The predicted molar refractivity (Wildman–Crippen MR) is 97.5 cm³/mol. The summed E-state index contributed by atoms with van der Waals surface area (Å²) in [6.07, 6.45) is 3.76. The number of anilines is 2. The van der Waals surface area contributed by atoms with Gasteiger partial charge in [0.05, 0.1) is 21.3 Å². The molecule has 2 aromatic rings. The molecule has 0 radical (unpaired) electrons. The van der Waals surface area contributed by atoms with E-state index in [2.05, 4.69) is 20.2 Å². The van der Waals surface area contributed by atoms with Crippen LogP contribution in [-0.4, -0.2) is 50.3 Å². The largest absolute Gasteiger partial charge is 0.493 e. The second-order valence-electron chi connectivity index (χ2n) is 5.82. The second kappa shape index (κ2) is 7.90. The zero-order valence-corrected chi connectivity index (χ0v) is 15.1. The van der Waals surface area contributed by atoms with Gasteiger partial charge in [-0.1, -0.05) is 0 Å². The molecule has 1 aromatic heterocycles. The van der Waals surface area contributed by atoms with Gasteiger partial charge in [-0.25, -0.2) is 9.97 Å². The average molecular weight is 358 g/mol. The number of aromatic nitrogens is 2. The molecular weight excluding hydrogens is 336 g/mol. The van der Waals surface area contributed by atoms with E-state index in [0.29, 0.717) is 28.6 Å². The smallest absolute Gasteiger partial charge is 0.257 e. The monoisotopic (exact) mass is 358 g/mol. The molecule has 1 saturated heterocycles. The minimum atomic E-state index is -0.324. The highest BCUT2D eigenvalue weighted by atomic mass is 16.5. The van der Waals surface area contributed by atoms with Gasteiger partial charge in [0.25, 0.3) is 5.91 Å². The van der Waals surface area contributed by atoms with Crippen LogP contribution < -0.4 is 24.4 Å². The van der Waals surface area contributed by atoms with Crippen LogP contribution in [0.3, 0.4) is 0 Å². The highest BCUT2D eigenvalue weighted by Gasteiger charge is 2.18. The number of hydrogen-bond acceptors (Lipinski definition) is 7. The molecule has 1 aliphatic heterocycles. The number of nitrogens with one attached hydrogen (secondary N) is 1. The van der Waals surface area contributed by atoms with Gasteiger partial charge in [0.2, 0.25) is 5.75 Å². The first-order valence-electron chi connectivity index (χ1n) is 8.34. The number of ether oxygens (including phenoxy) is 3. The van der Waals surface area contributed by atoms with Crippen LogP contribution in [0.5, 0.6) is 17.2 Å².